The molecule has 2 aromatic rings. The van der Waals surface area contributed by atoms with Gasteiger partial charge in [0.2, 0.25) is 0 Å². The average Bonchev–Trinajstić information content (AvgIpc) is 2.57. The first-order valence-electron chi connectivity index (χ1n) is 3.53. The molecule has 14 heavy (non-hydrogen) atoms. The fourth-order valence-electron chi connectivity index (χ4n) is 0.852. The van der Waals surface area contributed by atoms with Crippen LogP contribution in [0, 0.1) is 0 Å². The molecule has 1 N–H and O–H groups in total. The Labute approximate surface area is 96.1 Å². The normalized spacial score (nSPS) is 10.4. The van der Waals surface area contributed by atoms with E-state index in [4.69, 9.17) is 11.6 Å². The van der Waals surface area contributed by atoms with Crippen LogP contribution in [-0.2, 0) is 0 Å². The van der Waals surface area contributed by atoms with Crippen molar-refractivity contribution in [2.24, 2.45) is 0 Å². The first-order chi connectivity index (χ1) is 6.66. The highest BCUT2D eigenvalue weighted by Crippen LogP contribution is 2.24. The van der Waals surface area contributed by atoms with Crippen LogP contribution in [-0.4, -0.2) is 15.0 Å². The summed E-state index contributed by atoms with van der Waals surface area (Å²) in [5.41, 5.74) is -0.235. The van der Waals surface area contributed by atoms with Gasteiger partial charge in [0.15, 0.2) is 10.8 Å². The second-order valence-electron chi connectivity index (χ2n) is 2.38. The molecular weight excluding hydrogens is 290 g/mol. The third-order valence-corrected chi connectivity index (χ3v) is 3.12. The Bertz CT molecular complexity index is 524. The van der Waals surface area contributed by atoms with Gasteiger partial charge in [-0.3, -0.25) is 4.79 Å². The third-order valence-electron chi connectivity index (χ3n) is 1.44. The van der Waals surface area contributed by atoms with E-state index in [0.717, 1.165) is 0 Å². The van der Waals surface area contributed by atoms with Crippen LogP contribution in [0.3, 0.4) is 0 Å². The Hall–Kier alpha value is -0.720. The largest absolute Gasteiger partial charge is 0.304 e. The van der Waals surface area contributed by atoms with Crippen molar-refractivity contribution in [3.05, 3.63) is 31.6 Å². The van der Waals surface area contributed by atoms with Crippen LogP contribution in [0.4, 0.5) is 0 Å². The fraction of sp³-hybridized carbons (Fsp3) is 0. The number of aromatic amines is 1. The lowest BCUT2D eigenvalue weighted by molar-refractivity contribution is 1.10. The highest BCUT2D eigenvalue weighted by Gasteiger charge is 2.06. The first-order valence-corrected chi connectivity index (χ1v) is 5.52. The molecule has 2 heterocycles. The number of halogens is 2. The van der Waals surface area contributed by atoms with Crippen LogP contribution >= 0.6 is 38.9 Å². The molecule has 0 fully saturated rings. The van der Waals surface area contributed by atoms with Gasteiger partial charge in [0, 0.05) is 6.20 Å². The molecule has 0 spiro atoms. The molecule has 2 aromatic heterocycles. The predicted octanol–water partition coefficient (Wildman–Crippen LogP) is 2.31. The number of nitrogens with zero attached hydrogens (tertiary/aromatic N) is 2. The number of hydrogen-bond acceptors (Lipinski definition) is 4. The number of H-pyrrole nitrogens is 1. The Kier molecular flexibility index (Phi) is 2.66. The summed E-state index contributed by atoms with van der Waals surface area (Å²) in [7, 11) is 0. The summed E-state index contributed by atoms with van der Waals surface area (Å²) in [5, 5.41) is 0.597. The van der Waals surface area contributed by atoms with Gasteiger partial charge in [-0.2, -0.15) is 0 Å². The molecule has 0 unspecified atom stereocenters. The van der Waals surface area contributed by atoms with Gasteiger partial charge in [0.05, 0.1) is 6.20 Å². The van der Waals surface area contributed by atoms with E-state index in [2.05, 4.69) is 30.9 Å². The molecule has 0 atom stereocenters. The van der Waals surface area contributed by atoms with E-state index in [0.29, 0.717) is 19.6 Å². The van der Waals surface area contributed by atoms with Gasteiger partial charge in [-0.05, 0) is 15.9 Å². The first kappa shape index (κ1) is 9.82. The summed E-state index contributed by atoms with van der Waals surface area (Å²) in [4.78, 5) is 21.8. The highest BCUT2D eigenvalue weighted by atomic mass is 79.9. The number of thiazole rings is 1. The summed E-state index contributed by atoms with van der Waals surface area (Å²) in [6.07, 6.45) is 2.95. The zero-order chi connectivity index (χ0) is 10.1. The highest BCUT2D eigenvalue weighted by molar-refractivity contribution is 9.10. The van der Waals surface area contributed by atoms with Gasteiger partial charge in [-0.25, -0.2) is 9.97 Å². The summed E-state index contributed by atoms with van der Waals surface area (Å²) in [5.74, 6) is 0.426. The maximum atomic E-state index is 11.2. The van der Waals surface area contributed by atoms with Crippen molar-refractivity contribution in [3.8, 4) is 10.8 Å². The summed E-state index contributed by atoms with van der Waals surface area (Å²) >= 11 is 10.0. The smallest absolute Gasteiger partial charge is 0.265 e. The standard InChI is InChI=1S/C7H3BrClN3OS/c8-3-1-10-5(12-6(3)13)7-11-2-4(9)14-7/h1-2H,(H,10,12,13). The SMILES string of the molecule is O=c1[nH]c(-c2ncc(Cl)s2)ncc1Br. The van der Waals surface area contributed by atoms with Crippen LogP contribution in [0.5, 0.6) is 0 Å². The van der Waals surface area contributed by atoms with Crippen LogP contribution in [0.25, 0.3) is 10.8 Å². The van der Waals surface area contributed by atoms with Gasteiger partial charge >= 0.3 is 0 Å². The topological polar surface area (TPSA) is 58.6 Å². The van der Waals surface area contributed by atoms with E-state index < -0.39 is 0 Å². The molecule has 0 saturated heterocycles. The molecule has 0 aliphatic heterocycles. The van der Waals surface area contributed by atoms with E-state index in [1.807, 2.05) is 0 Å². The summed E-state index contributed by atoms with van der Waals surface area (Å²) in [6, 6.07) is 0. The minimum atomic E-state index is -0.235. The van der Waals surface area contributed by atoms with Gasteiger partial charge < -0.3 is 4.98 Å². The molecule has 0 aromatic carbocycles. The lowest BCUT2D eigenvalue weighted by atomic mass is 10.5. The van der Waals surface area contributed by atoms with Crippen molar-refractivity contribution in [2.45, 2.75) is 0 Å². The predicted molar refractivity (Wildman–Crippen MR) is 58.7 cm³/mol. The Morgan fingerprint density at radius 1 is 1.43 bits per heavy atom. The number of rotatable bonds is 1. The monoisotopic (exact) mass is 291 g/mol. The minimum absolute atomic E-state index is 0.235. The molecule has 0 radical (unpaired) electrons. The quantitative estimate of drug-likeness (QED) is 0.877. The third kappa shape index (κ3) is 1.87. The van der Waals surface area contributed by atoms with Crippen molar-refractivity contribution in [1.29, 1.82) is 0 Å². The van der Waals surface area contributed by atoms with E-state index in [9.17, 15) is 4.79 Å². The van der Waals surface area contributed by atoms with Crippen LogP contribution in [0.1, 0.15) is 0 Å². The molecule has 0 saturated carbocycles. The summed E-state index contributed by atoms with van der Waals surface area (Å²) in [6.45, 7) is 0. The molecule has 0 aliphatic rings. The molecule has 7 heteroatoms. The van der Waals surface area contributed by atoms with Gasteiger partial charge in [0.25, 0.3) is 5.56 Å². The minimum Gasteiger partial charge on any atom is -0.304 e. The molecule has 2 rings (SSSR count). The number of hydrogen-bond donors (Lipinski definition) is 1. The summed E-state index contributed by atoms with van der Waals surface area (Å²) < 4.78 is 0.953. The van der Waals surface area contributed by atoms with Crippen molar-refractivity contribution >= 4 is 38.9 Å². The molecular formula is C7H3BrClN3OS. The van der Waals surface area contributed by atoms with E-state index >= 15 is 0 Å². The van der Waals surface area contributed by atoms with E-state index in [1.165, 1.54) is 23.7 Å². The molecule has 0 aliphatic carbocycles. The van der Waals surface area contributed by atoms with Crippen molar-refractivity contribution in [2.75, 3.05) is 0 Å². The molecule has 0 amide bonds. The molecule has 4 nitrogen and oxygen atoms in total. The lowest BCUT2D eigenvalue weighted by Gasteiger charge is -1.94. The number of aromatic nitrogens is 3. The Morgan fingerprint density at radius 3 is 2.79 bits per heavy atom. The van der Waals surface area contributed by atoms with Crippen LogP contribution in [0.15, 0.2) is 21.7 Å². The Balaban J connectivity index is 2.53. The maximum absolute atomic E-state index is 11.2. The van der Waals surface area contributed by atoms with Crippen molar-refractivity contribution in [1.82, 2.24) is 15.0 Å². The maximum Gasteiger partial charge on any atom is 0.265 e. The van der Waals surface area contributed by atoms with Crippen molar-refractivity contribution < 1.29 is 0 Å². The van der Waals surface area contributed by atoms with Gasteiger partial charge in [-0.1, -0.05) is 22.9 Å². The van der Waals surface area contributed by atoms with Crippen LogP contribution in [0.2, 0.25) is 4.34 Å². The fourth-order valence-corrected chi connectivity index (χ4v) is 1.92. The van der Waals surface area contributed by atoms with Crippen LogP contribution < -0.4 is 5.56 Å². The average molecular weight is 293 g/mol. The zero-order valence-electron chi connectivity index (χ0n) is 6.62. The van der Waals surface area contributed by atoms with Gasteiger partial charge in [0.1, 0.15) is 8.81 Å². The van der Waals surface area contributed by atoms with E-state index in [1.54, 1.807) is 0 Å². The van der Waals surface area contributed by atoms with Crippen molar-refractivity contribution in [3.63, 3.8) is 0 Å². The molecule has 0 bridgehead atoms. The zero-order valence-corrected chi connectivity index (χ0v) is 9.78. The van der Waals surface area contributed by atoms with Gasteiger partial charge in [-0.15, -0.1) is 0 Å². The Morgan fingerprint density at radius 2 is 2.21 bits per heavy atom. The second-order valence-corrected chi connectivity index (χ2v) is 4.89. The lowest BCUT2D eigenvalue weighted by Crippen LogP contribution is -2.08. The number of nitrogens with one attached hydrogen (secondary N) is 1. The van der Waals surface area contributed by atoms with E-state index in [-0.39, 0.29) is 5.56 Å². The second kappa shape index (κ2) is 3.80. The molecule has 72 valence electrons.